The molecule has 0 spiro atoms. The van der Waals surface area contributed by atoms with E-state index in [1.807, 2.05) is 137 Å². The molecule has 2 aromatic heterocycles. The largest absolute Gasteiger partial charge is 0.416 e. The fourth-order valence-electron chi connectivity index (χ4n) is 10.6. The Kier molecular flexibility index (Phi) is 11.4. The zero-order chi connectivity index (χ0) is 53.8. The molecule has 0 radical (unpaired) electrons. The fraction of sp³-hybridized carbons (Fsp3) is 0.0149. The number of aromatic nitrogens is 2. The van der Waals surface area contributed by atoms with Crippen LogP contribution in [0.4, 0.5) is 13.2 Å². The lowest BCUT2D eigenvalue weighted by atomic mass is 9.94. The Morgan fingerprint density at radius 1 is 0.295 bits per heavy atom. The first kappa shape index (κ1) is 47.5. The monoisotopic (exact) mass is 1010 g/mol. The first-order valence-corrected chi connectivity index (χ1v) is 24.4. The van der Waals surface area contributed by atoms with Crippen molar-refractivity contribution >= 4 is 43.6 Å². The van der Waals surface area contributed by atoms with Crippen molar-refractivity contribution in [2.24, 2.45) is 0 Å². The molecular weight excluding hydrogens is 974 g/mol. The normalized spacial score (nSPS) is 11.2. The lowest BCUT2D eigenvalue weighted by molar-refractivity contribution is -0.137. The smallest absolute Gasteiger partial charge is 0.308 e. The summed E-state index contributed by atoms with van der Waals surface area (Å²) in [5, 5.41) is 64.1. The van der Waals surface area contributed by atoms with Crippen molar-refractivity contribution in [3.8, 4) is 103 Å². The van der Waals surface area contributed by atoms with Crippen LogP contribution in [-0.2, 0) is 6.18 Å². The predicted octanol–water partition coefficient (Wildman–Crippen LogP) is 16.5. The molecule has 8 nitrogen and oxygen atoms in total. The van der Waals surface area contributed by atoms with Crippen LogP contribution in [0, 0.1) is 68.0 Å². The number of rotatable bonds is 7. The summed E-state index contributed by atoms with van der Waals surface area (Å²) in [7, 11) is 0. The molecule has 0 saturated carbocycles. The summed E-state index contributed by atoms with van der Waals surface area (Å²) in [6.45, 7) is 0. The quantitative estimate of drug-likeness (QED) is 0.155. The molecule has 0 aliphatic heterocycles. The van der Waals surface area contributed by atoms with E-state index >= 15 is 0 Å². The molecule has 0 N–H and O–H groups in total. The van der Waals surface area contributed by atoms with Gasteiger partial charge in [0.1, 0.15) is 11.6 Å². The van der Waals surface area contributed by atoms with Crippen molar-refractivity contribution in [1.29, 1.82) is 31.6 Å². The Hall–Kier alpha value is -11.5. The highest BCUT2D eigenvalue weighted by molar-refractivity contribution is 6.14. The average molecular weight is 1010 g/mol. The van der Waals surface area contributed by atoms with Gasteiger partial charge in [0.2, 0.25) is 0 Å². The fourth-order valence-corrected chi connectivity index (χ4v) is 10.6. The lowest BCUT2D eigenvalue weighted by Crippen LogP contribution is -2.08. The molecule has 0 saturated heterocycles. The van der Waals surface area contributed by atoms with Gasteiger partial charge in [-0.3, -0.25) is 0 Å². The van der Waals surface area contributed by atoms with Crippen molar-refractivity contribution in [3.05, 3.63) is 239 Å². The van der Waals surface area contributed by atoms with E-state index in [1.165, 1.54) is 6.07 Å². The number of nitriles is 6. The molecule has 362 valence electrons. The van der Waals surface area contributed by atoms with E-state index in [2.05, 4.69) is 30.3 Å². The standard InChI is InChI=1S/C67H33F3N8/c68-67(69,70)54-28-44(38-75)27-53(29-54)55-25-26-61(77-62-30-49(45-9-1-40(34-71)2-10-45)17-21-56(62)57-22-18-50(31-63(57)77)46-11-3-41(35-72)4-12-46)60(39-76)66(55)78-64-32-51(47-13-5-42(36-73)6-14-47)19-23-58(64)59-24-20-52(33-65(59)78)48-15-7-43(37-74)8-16-48/h1-33H. The second-order valence-corrected chi connectivity index (χ2v) is 18.7. The zero-order valence-electron chi connectivity index (χ0n) is 40.8. The van der Waals surface area contributed by atoms with Gasteiger partial charge in [-0.05, 0) is 147 Å². The molecule has 0 fully saturated rings. The average Bonchev–Trinajstić information content (AvgIpc) is 4.06. The van der Waals surface area contributed by atoms with Crippen LogP contribution in [-0.4, -0.2) is 9.13 Å². The second kappa shape index (κ2) is 18.8. The third-order valence-corrected chi connectivity index (χ3v) is 14.4. The molecule has 10 aromatic carbocycles. The topological polar surface area (TPSA) is 153 Å². The van der Waals surface area contributed by atoms with Crippen LogP contribution in [0.1, 0.15) is 38.9 Å². The maximum absolute atomic E-state index is 14.9. The van der Waals surface area contributed by atoms with Crippen LogP contribution in [0.5, 0.6) is 0 Å². The van der Waals surface area contributed by atoms with Gasteiger partial charge in [-0.25, -0.2) is 0 Å². The van der Waals surface area contributed by atoms with E-state index < -0.39 is 11.7 Å². The third kappa shape index (κ3) is 8.08. The maximum atomic E-state index is 14.9. The summed E-state index contributed by atoms with van der Waals surface area (Å²) in [6, 6.07) is 72.5. The van der Waals surface area contributed by atoms with Gasteiger partial charge in [-0.2, -0.15) is 44.7 Å². The van der Waals surface area contributed by atoms with Gasteiger partial charge >= 0.3 is 6.18 Å². The van der Waals surface area contributed by atoms with Crippen molar-refractivity contribution < 1.29 is 13.2 Å². The summed E-state index contributed by atoms with van der Waals surface area (Å²) in [5.41, 5.74) is 10.8. The van der Waals surface area contributed by atoms with Crippen molar-refractivity contribution in [2.75, 3.05) is 0 Å². The van der Waals surface area contributed by atoms with E-state index in [-0.39, 0.29) is 27.9 Å². The summed E-state index contributed by atoms with van der Waals surface area (Å²) in [6.07, 6.45) is -4.83. The summed E-state index contributed by atoms with van der Waals surface area (Å²) in [5.74, 6) is 0. The minimum absolute atomic E-state index is 0.0503. The Balaban J connectivity index is 1.24. The van der Waals surface area contributed by atoms with Gasteiger partial charge in [0.25, 0.3) is 0 Å². The number of benzene rings is 10. The first-order valence-electron chi connectivity index (χ1n) is 24.4. The highest BCUT2D eigenvalue weighted by Crippen LogP contribution is 2.46. The maximum Gasteiger partial charge on any atom is 0.416 e. The van der Waals surface area contributed by atoms with Gasteiger partial charge in [-0.15, -0.1) is 0 Å². The number of hydrogen-bond donors (Lipinski definition) is 0. The highest BCUT2D eigenvalue weighted by atomic mass is 19.4. The Morgan fingerprint density at radius 2 is 0.628 bits per heavy atom. The highest BCUT2D eigenvalue weighted by Gasteiger charge is 2.33. The lowest BCUT2D eigenvalue weighted by Gasteiger charge is -2.21. The van der Waals surface area contributed by atoms with Crippen LogP contribution in [0.3, 0.4) is 0 Å². The van der Waals surface area contributed by atoms with Crippen LogP contribution < -0.4 is 0 Å². The van der Waals surface area contributed by atoms with Crippen LogP contribution in [0.25, 0.3) is 111 Å². The van der Waals surface area contributed by atoms with Crippen molar-refractivity contribution in [3.63, 3.8) is 0 Å². The van der Waals surface area contributed by atoms with Gasteiger partial charge in [-0.1, -0.05) is 103 Å². The predicted molar refractivity (Wildman–Crippen MR) is 296 cm³/mol. The zero-order valence-corrected chi connectivity index (χ0v) is 40.8. The van der Waals surface area contributed by atoms with Crippen LogP contribution >= 0.6 is 0 Å². The summed E-state index contributed by atoms with van der Waals surface area (Å²) >= 11 is 0. The molecule has 2 heterocycles. The molecule has 0 unspecified atom stereocenters. The number of alkyl halides is 3. The number of halogens is 3. The molecule has 12 rings (SSSR count). The van der Waals surface area contributed by atoms with Crippen molar-refractivity contribution in [2.45, 2.75) is 6.18 Å². The number of nitrogens with zero attached hydrogens (tertiary/aromatic N) is 8. The Labute approximate surface area is 444 Å². The summed E-state index contributed by atoms with van der Waals surface area (Å²) < 4.78 is 48.7. The minimum Gasteiger partial charge on any atom is -0.308 e. The Morgan fingerprint density at radius 3 is 0.949 bits per heavy atom. The van der Waals surface area contributed by atoms with E-state index in [0.717, 1.165) is 78.2 Å². The van der Waals surface area contributed by atoms with Crippen molar-refractivity contribution in [1.82, 2.24) is 9.13 Å². The van der Waals surface area contributed by atoms with E-state index in [0.29, 0.717) is 50.0 Å². The van der Waals surface area contributed by atoms with Gasteiger partial charge in [0.05, 0.1) is 97.2 Å². The number of hydrogen-bond acceptors (Lipinski definition) is 6. The summed E-state index contributed by atoms with van der Waals surface area (Å²) in [4.78, 5) is 0. The van der Waals surface area contributed by atoms with Crippen LogP contribution in [0.2, 0.25) is 0 Å². The van der Waals surface area contributed by atoms with E-state index in [9.17, 15) is 44.7 Å². The Bertz CT molecular complexity index is 4520. The molecule has 11 heteroatoms. The van der Waals surface area contributed by atoms with Gasteiger partial charge < -0.3 is 9.13 Å². The van der Waals surface area contributed by atoms with E-state index in [4.69, 9.17) is 0 Å². The second-order valence-electron chi connectivity index (χ2n) is 18.7. The van der Waals surface area contributed by atoms with Crippen LogP contribution in [0.15, 0.2) is 200 Å². The molecule has 0 atom stereocenters. The minimum atomic E-state index is -4.83. The number of fused-ring (bicyclic) bond motifs is 6. The molecule has 0 aliphatic carbocycles. The SMILES string of the molecule is N#Cc1ccc(-c2ccc3c4ccc(-c5ccc(C#N)cc5)cc4n(-c4ccc(-c5cc(C#N)cc(C(F)(F)F)c5)c(-n5c6cc(-c7ccc(C#N)cc7)ccc6c6ccc(-c7ccc(C#N)cc7)cc65)c4C#N)c3c2)cc1. The molecule has 0 bridgehead atoms. The van der Waals surface area contributed by atoms with E-state index in [1.54, 1.807) is 60.7 Å². The van der Waals surface area contributed by atoms with Gasteiger partial charge in [0, 0.05) is 27.1 Å². The molecule has 0 amide bonds. The first-order chi connectivity index (χ1) is 38.0. The molecule has 12 aromatic rings. The molecule has 78 heavy (non-hydrogen) atoms. The third-order valence-electron chi connectivity index (χ3n) is 14.4. The molecular formula is C67H33F3N8. The molecule has 0 aliphatic rings. The van der Waals surface area contributed by atoms with Gasteiger partial charge in [0.15, 0.2) is 0 Å².